The number of pyridine rings is 1. The van der Waals surface area contributed by atoms with E-state index in [0.717, 1.165) is 32.1 Å². The molecular formula is C32H36N2O10. The quantitative estimate of drug-likeness (QED) is 0.160. The van der Waals surface area contributed by atoms with Gasteiger partial charge in [-0.3, -0.25) is 9.59 Å². The van der Waals surface area contributed by atoms with Crippen LogP contribution >= 0.6 is 0 Å². The Morgan fingerprint density at radius 2 is 1.73 bits per heavy atom. The number of hydrogen-bond donors (Lipinski definition) is 7. The van der Waals surface area contributed by atoms with Crippen molar-refractivity contribution in [3.63, 3.8) is 0 Å². The van der Waals surface area contributed by atoms with Crippen molar-refractivity contribution in [2.24, 2.45) is 5.92 Å². The van der Waals surface area contributed by atoms with E-state index >= 15 is 0 Å². The number of nitrogens with one attached hydrogen (secondary N) is 1. The van der Waals surface area contributed by atoms with Crippen LogP contribution in [0.1, 0.15) is 69.5 Å². The lowest BCUT2D eigenvalue weighted by Gasteiger charge is -2.40. The molecule has 0 bridgehead atoms. The molecule has 44 heavy (non-hydrogen) atoms. The molecule has 234 valence electrons. The molecule has 1 aliphatic heterocycles. The number of ketones is 2. The van der Waals surface area contributed by atoms with Crippen molar-refractivity contribution >= 4 is 28.2 Å². The number of aliphatic hydroxyl groups is 5. The van der Waals surface area contributed by atoms with Gasteiger partial charge in [0.2, 0.25) is 12.1 Å². The molecule has 6 rings (SSSR count). The van der Waals surface area contributed by atoms with E-state index in [-0.39, 0.29) is 46.2 Å². The molecule has 12 heteroatoms. The summed E-state index contributed by atoms with van der Waals surface area (Å²) in [5.41, 5.74) is 0.192. The first-order valence-corrected chi connectivity index (χ1v) is 14.9. The molecule has 3 aromatic rings. The Bertz CT molecular complexity index is 1600. The number of aliphatic hydroxyl groups excluding tert-OH is 5. The zero-order valence-electron chi connectivity index (χ0n) is 24.1. The number of phenolic OH excluding ortho intramolecular Hbond substituents is 1. The van der Waals surface area contributed by atoms with E-state index < -0.39 is 55.0 Å². The molecule has 2 heterocycles. The van der Waals surface area contributed by atoms with Gasteiger partial charge in [-0.15, -0.1) is 0 Å². The van der Waals surface area contributed by atoms with Crippen LogP contribution in [0.2, 0.25) is 0 Å². The standard InChI is InChI=1S/C32H36N2O10/c1-14-9-18-23(19(36)10-14)28(40)25-21(43-32-30(42)29(41)27(39)22(13-35)44-32)11-17-16(24(25)26(18)38)7-8-33-31(17)34-12-20(37)15-5-3-2-4-6-15/h7-11,15,20,22,27,29-30,32,35-37,39,41-42H,2-6,12-13H2,1H3,(H,33,34)/t20-,22+,27+,29-,30+,32+/m0/s1. The van der Waals surface area contributed by atoms with Crippen LogP contribution in [0.25, 0.3) is 10.8 Å². The topological polar surface area (TPSA) is 199 Å². The van der Waals surface area contributed by atoms with Crippen LogP contribution in [0.3, 0.4) is 0 Å². The van der Waals surface area contributed by atoms with E-state index in [1.807, 2.05) is 0 Å². The predicted octanol–water partition coefficient (Wildman–Crippen LogP) is 1.56. The number of rotatable bonds is 7. The number of aromatic hydroxyl groups is 1. The number of benzene rings is 2. The van der Waals surface area contributed by atoms with Crippen LogP contribution in [-0.4, -0.2) is 97.2 Å². The average molecular weight is 609 g/mol. The molecule has 1 aromatic heterocycles. The van der Waals surface area contributed by atoms with Crippen molar-refractivity contribution in [2.45, 2.75) is 75.8 Å². The summed E-state index contributed by atoms with van der Waals surface area (Å²) in [5, 5.41) is 66.5. The molecule has 12 nitrogen and oxygen atoms in total. The van der Waals surface area contributed by atoms with E-state index in [1.54, 1.807) is 13.0 Å². The Kier molecular flexibility index (Phi) is 8.31. The number of anilines is 1. The molecule has 1 saturated heterocycles. The van der Waals surface area contributed by atoms with Crippen LogP contribution in [0.5, 0.6) is 11.5 Å². The number of aryl methyl sites for hydroxylation is 1. The number of carbonyl (C=O) groups is 2. The first-order valence-electron chi connectivity index (χ1n) is 14.9. The van der Waals surface area contributed by atoms with Crippen LogP contribution < -0.4 is 10.1 Å². The number of nitrogens with zero attached hydrogens (tertiary/aromatic N) is 1. The van der Waals surface area contributed by atoms with Gasteiger partial charge >= 0.3 is 0 Å². The lowest BCUT2D eigenvalue weighted by atomic mass is 9.80. The third kappa shape index (κ3) is 5.21. The van der Waals surface area contributed by atoms with Crippen molar-refractivity contribution in [3.8, 4) is 11.5 Å². The zero-order chi connectivity index (χ0) is 31.3. The van der Waals surface area contributed by atoms with Crippen LogP contribution in [0.15, 0.2) is 30.5 Å². The van der Waals surface area contributed by atoms with Crippen molar-refractivity contribution < 1.29 is 49.7 Å². The summed E-state index contributed by atoms with van der Waals surface area (Å²) < 4.78 is 11.5. The minimum Gasteiger partial charge on any atom is -0.507 e. The fourth-order valence-corrected chi connectivity index (χ4v) is 6.61. The van der Waals surface area contributed by atoms with E-state index in [4.69, 9.17) is 9.47 Å². The monoisotopic (exact) mass is 608 g/mol. The Labute approximate surface area is 252 Å². The normalized spacial score (nSPS) is 26.3. The Morgan fingerprint density at radius 3 is 2.45 bits per heavy atom. The van der Waals surface area contributed by atoms with Gasteiger partial charge in [0.15, 0.2) is 5.78 Å². The zero-order valence-corrected chi connectivity index (χ0v) is 24.1. The van der Waals surface area contributed by atoms with Crippen molar-refractivity contribution in [1.82, 2.24) is 4.98 Å². The predicted molar refractivity (Wildman–Crippen MR) is 157 cm³/mol. The number of aromatic nitrogens is 1. The first kappa shape index (κ1) is 30.4. The van der Waals surface area contributed by atoms with E-state index in [9.17, 15) is 40.2 Å². The third-order valence-corrected chi connectivity index (χ3v) is 8.98. The van der Waals surface area contributed by atoms with Gasteiger partial charge in [-0.05, 0) is 60.9 Å². The molecule has 0 amide bonds. The highest BCUT2D eigenvalue weighted by Gasteiger charge is 2.46. The van der Waals surface area contributed by atoms with Crippen molar-refractivity contribution in [1.29, 1.82) is 0 Å². The summed E-state index contributed by atoms with van der Waals surface area (Å²) in [7, 11) is 0. The summed E-state index contributed by atoms with van der Waals surface area (Å²) in [6.45, 7) is 1.19. The van der Waals surface area contributed by atoms with Gasteiger partial charge in [0.25, 0.3) is 0 Å². The molecule has 2 aromatic carbocycles. The minimum absolute atomic E-state index is 0.0112. The van der Waals surface area contributed by atoms with Crippen LogP contribution in [0, 0.1) is 12.8 Å². The van der Waals surface area contributed by atoms with Gasteiger partial charge in [0, 0.05) is 29.3 Å². The highest BCUT2D eigenvalue weighted by Crippen LogP contribution is 2.43. The van der Waals surface area contributed by atoms with E-state index in [1.165, 1.54) is 24.4 Å². The van der Waals surface area contributed by atoms with Crippen LogP contribution in [-0.2, 0) is 4.74 Å². The third-order valence-electron chi connectivity index (χ3n) is 8.98. The summed E-state index contributed by atoms with van der Waals surface area (Å²) in [6.07, 6.45) is -2.10. The Balaban J connectivity index is 1.47. The van der Waals surface area contributed by atoms with Gasteiger partial charge in [-0.25, -0.2) is 4.98 Å². The number of ether oxygens (including phenoxy) is 2. The molecule has 3 aliphatic rings. The first-order chi connectivity index (χ1) is 21.1. The summed E-state index contributed by atoms with van der Waals surface area (Å²) in [4.78, 5) is 32.5. The second-order valence-corrected chi connectivity index (χ2v) is 11.9. The fourth-order valence-electron chi connectivity index (χ4n) is 6.61. The largest absolute Gasteiger partial charge is 0.507 e. The number of carbonyl (C=O) groups excluding carboxylic acids is 2. The lowest BCUT2D eigenvalue weighted by Crippen LogP contribution is -2.60. The molecule has 0 radical (unpaired) electrons. The number of phenols is 1. The molecule has 6 atom stereocenters. The van der Waals surface area contributed by atoms with Gasteiger partial charge in [0.05, 0.1) is 23.8 Å². The second-order valence-electron chi connectivity index (χ2n) is 11.9. The molecule has 2 aliphatic carbocycles. The maximum atomic E-state index is 14.1. The van der Waals surface area contributed by atoms with Crippen molar-refractivity contribution in [2.75, 3.05) is 18.5 Å². The Hall–Kier alpha value is -3.65. The van der Waals surface area contributed by atoms with Crippen molar-refractivity contribution in [3.05, 3.63) is 58.3 Å². The number of fused-ring (bicyclic) bond motifs is 4. The Morgan fingerprint density at radius 1 is 0.977 bits per heavy atom. The molecule has 0 spiro atoms. The summed E-state index contributed by atoms with van der Waals surface area (Å²) in [5.74, 6) is -1.36. The average Bonchev–Trinajstić information content (AvgIpc) is 3.02. The van der Waals surface area contributed by atoms with E-state index in [0.29, 0.717) is 22.2 Å². The number of hydrogen-bond acceptors (Lipinski definition) is 12. The van der Waals surface area contributed by atoms with E-state index in [2.05, 4.69) is 10.3 Å². The molecule has 7 N–H and O–H groups in total. The highest BCUT2D eigenvalue weighted by atomic mass is 16.7. The van der Waals surface area contributed by atoms with Crippen LogP contribution in [0.4, 0.5) is 5.82 Å². The minimum atomic E-state index is -1.78. The molecule has 1 saturated carbocycles. The summed E-state index contributed by atoms with van der Waals surface area (Å²) >= 11 is 0. The van der Waals surface area contributed by atoms with Gasteiger partial charge < -0.3 is 45.4 Å². The fraction of sp³-hybridized carbons (Fsp3) is 0.469. The molecule has 2 fully saturated rings. The van der Waals surface area contributed by atoms with Gasteiger partial charge in [-0.2, -0.15) is 0 Å². The van der Waals surface area contributed by atoms with Gasteiger partial charge in [-0.1, -0.05) is 19.3 Å². The summed E-state index contributed by atoms with van der Waals surface area (Å²) in [6, 6.07) is 5.92. The smallest absolute Gasteiger partial charge is 0.229 e. The SMILES string of the molecule is Cc1cc(O)c2c(c1)C(=O)c1c(c(O[C@@H]3O[C@H](CO)[C@@H](O)[C@H](O)[C@H]3O)cc3c(NC[C@H](O)C4CCCCC4)nccc13)C2=O. The van der Waals surface area contributed by atoms with Gasteiger partial charge in [0.1, 0.15) is 41.7 Å². The second kappa shape index (κ2) is 12.0. The molecule has 0 unspecified atom stereocenters. The maximum absolute atomic E-state index is 14.1. The maximum Gasteiger partial charge on any atom is 0.229 e. The molecular weight excluding hydrogens is 572 g/mol. The highest BCUT2D eigenvalue weighted by molar-refractivity contribution is 6.34. The lowest BCUT2D eigenvalue weighted by molar-refractivity contribution is -0.277.